The minimum absolute atomic E-state index is 0.176. The Morgan fingerprint density at radius 3 is 2.65 bits per heavy atom. The van der Waals surface area contributed by atoms with Crippen LogP contribution in [-0.4, -0.2) is 37.1 Å². The molecule has 1 saturated carbocycles. The van der Waals surface area contributed by atoms with E-state index in [1.165, 1.54) is 6.07 Å². The summed E-state index contributed by atoms with van der Waals surface area (Å²) in [6.45, 7) is -0.146. The number of likely N-dealkylation sites (tertiary alicyclic amines) is 1. The molecule has 31 heavy (non-hydrogen) atoms. The zero-order valence-electron chi connectivity index (χ0n) is 16.8. The first-order chi connectivity index (χ1) is 14.9. The van der Waals surface area contributed by atoms with Crippen molar-refractivity contribution >= 4 is 10.9 Å². The van der Waals surface area contributed by atoms with E-state index in [9.17, 15) is 18.0 Å². The average Bonchev–Trinajstić information content (AvgIpc) is 3.49. The molecule has 3 heterocycles. The molecule has 1 aliphatic heterocycles. The van der Waals surface area contributed by atoms with Crippen LogP contribution >= 0.6 is 0 Å². The molecule has 5 rings (SSSR count). The number of halogens is 3. The van der Waals surface area contributed by atoms with Gasteiger partial charge in [-0.3, -0.25) is 14.3 Å². The Bertz CT molecular complexity index is 1170. The van der Waals surface area contributed by atoms with Crippen LogP contribution in [0.25, 0.3) is 10.9 Å². The molecule has 1 aliphatic carbocycles. The number of hydrogen-bond acceptors (Lipinski definition) is 5. The molecule has 0 radical (unpaired) electrons. The largest absolute Gasteiger partial charge is 0.406 e. The van der Waals surface area contributed by atoms with Gasteiger partial charge in [0.15, 0.2) is 0 Å². The van der Waals surface area contributed by atoms with Gasteiger partial charge >= 0.3 is 6.18 Å². The van der Waals surface area contributed by atoms with E-state index in [1.54, 1.807) is 24.4 Å². The van der Waals surface area contributed by atoms with E-state index in [-0.39, 0.29) is 17.3 Å². The second-order valence-electron chi connectivity index (χ2n) is 8.30. The van der Waals surface area contributed by atoms with Gasteiger partial charge in [-0.1, -0.05) is 12.1 Å². The summed E-state index contributed by atoms with van der Waals surface area (Å²) in [6.07, 6.45) is 0.886. The van der Waals surface area contributed by atoms with Gasteiger partial charge in [-0.25, -0.2) is 15.0 Å². The Balaban J connectivity index is 1.53. The van der Waals surface area contributed by atoms with E-state index >= 15 is 0 Å². The number of rotatable bonds is 5. The van der Waals surface area contributed by atoms with E-state index in [1.807, 2.05) is 6.07 Å². The predicted octanol–water partition coefficient (Wildman–Crippen LogP) is 3.96. The third kappa shape index (κ3) is 4.19. The molecule has 2 aromatic heterocycles. The molecule has 6 nitrogen and oxygen atoms in total. The molecule has 2 aliphatic rings. The predicted molar refractivity (Wildman–Crippen MR) is 108 cm³/mol. The fourth-order valence-electron chi connectivity index (χ4n) is 4.33. The van der Waals surface area contributed by atoms with Crippen molar-refractivity contribution in [2.75, 3.05) is 6.54 Å². The van der Waals surface area contributed by atoms with Crippen LogP contribution in [0, 0.1) is 0 Å². The summed E-state index contributed by atoms with van der Waals surface area (Å²) in [6, 6.07) is 8.03. The van der Waals surface area contributed by atoms with E-state index in [0.29, 0.717) is 30.9 Å². The third-order valence-corrected chi connectivity index (χ3v) is 5.93. The maximum Gasteiger partial charge on any atom is 0.406 e. The number of nitrogens with zero attached hydrogens (tertiary/aromatic N) is 5. The normalized spacial score (nSPS) is 19.9. The van der Waals surface area contributed by atoms with Crippen LogP contribution in [0.4, 0.5) is 13.2 Å². The Kier molecular flexibility index (Phi) is 5.00. The van der Waals surface area contributed by atoms with Crippen molar-refractivity contribution in [3.05, 3.63) is 64.2 Å². The summed E-state index contributed by atoms with van der Waals surface area (Å²) in [5, 5.41) is 0.199. The second kappa shape index (κ2) is 7.71. The van der Waals surface area contributed by atoms with Crippen LogP contribution < -0.4 is 5.56 Å². The fourth-order valence-corrected chi connectivity index (χ4v) is 4.33. The number of aromatic nitrogens is 4. The number of hydrogen-bond donors (Lipinski definition) is 0. The molecule has 0 amide bonds. The molecular weight excluding hydrogens is 407 g/mol. The summed E-state index contributed by atoms with van der Waals surface area (Å²) < 4.78 is 40.8. The van der Waals surface area contributed by atoms with E-state index in [2.05, 4.69) is 19.9 Å². The molecule has 0 N–H and O–H groups in total. The van der Waals surface area contributed by atoms with Gasteiger partial charge < -0.3 is 0 Å². The molecule has 9 heteroatoms. The van der Waals surface area contributed by atoms with Crippen molar-refractivity contribution in [3.63, 3.8) is 0 Å². The van der Waals surface area contributed by atoms with Crippen LogP contribution in [-0.2, 0) is 13.1 Å². The summed E-state index contributed by atoms with van der Waals surface area (Å²) in [4.78, 5) is 28.6. The first kappa shape index (κ1) is 20.1. The summed E-state index contributed by atoms with van der Waals surface area (Å²) in [5.74, 6) is 1.44. The summed E-state index contributed by atoms with van der Waals surface area (Å²) in [7, 11) is 0. The van der Waals surface area contributed by atoms with E-state index < -0.39 is 18.3 Å². The first-order valence-corrected chi connectivity index (χ1v) is 10.5. The SMILES string of the molecule is O=c1c2ccccc2nc(C2CCCN2Cc2ccnc(C3CC3)n2)n1CC(F)(F)F. The Morgan fingerprint density at radius 1 is 1.06 bits per heavy atom. The quantitative estimate of drug-likeness (QED) is 0.614. The van der Waals surface area contributed by atoms with Crippen molar-refractivity contribution in [2.24, 2.45) is 0 Å². The molecule has 2 fully saturated rings. The van der Waals surface area contributed by atoms with Gasteiger partial charge in [-0.2, -0.15) is 13.2 Å². The van der Waals surface area contributed by atoms with Gasteiger partial charge in [0.2, 0.25) is 0 Å². The lowest BCUT2D eigenvalue weighted by Gasteiger charge is -2.26. The monoisotopic (exact) mass is 429 g/mol. The van der Waals surface area contributed by atoms with Crippen molar-refractivity contribution in [2.45, 2.75) is 56.9 Å². The van der Waals surface area contributed by atoms with Crippen molar-refractivity contribution in [3.8, 4) is 0 Å². The minimum Gasteiger partial charge on any atom is -0.288 e. The topological polar surface area (TPSA) is 63.9 Å². The lowest BCUT2D eigenvalue weighted by Crippen LogP contribution is -2.35. The minimum atomic E-state index is -4.52. The molecular formula is C22H22F3N5O. The van der Waals surface area contributed by atoms with E-state index in [0.717, 1.165) is 35.3 Å². The van der Waals surface area contributed by atoms with Gasteiger partial charge in [0.05, 0.1) is 22.6 Å². The Morgan fingerprint density at radius 2 is 1.87 bits per heavy atom. The van der Waals surface area contributed by atoms with Crippen molar-refractivity contribution in [1.29, 1.82) is 0 Å². The maximum absolute atomic E-state index is 13.3. The second-order valence-corrected chi connectivity index (χ2v) is 8.30. The molecule has 3 aromatic rings. The summed E-state index contributed by atoms with van der Waals surface area (Å²) in [5.41, 5.74) is 0.614. The number of fused-ring (bicyclic) bond motifs is 1. The maximum atomic E-state index is 13.3. The molecule has 1 atom stereocenters. The van der Waals surface area contributed by atoms with Gasteiger partial charge in [0, 0.05) is 18.7 Å². The molecule has 1 aromatic carbocycles. The van der Waals surface area contributed by atoms with Crippen LogP contribution in [0.2, 0.25) is 0 Å². The van der Waals surface area contributed by atoms with Gasteiger partial charge in [-0.15, -0.1) is 0 Å². The standard InChI is InChI=1S/C22H22F3N5O/c23-22(24,25)13-30-20(28-17-5-2-1-4-16(17)21(30)31)18-6-3-11-29(18)12-15-9-10-26-19(27-15)14-7-8-14/h1-2,4-5,9-10,14,18H,3,6-8,11-13H2. The zero-order valence-corrected chi connectivity index (χ0v) is 16.8. The number of para-hydroxylation sites is 1. The van der Waals surface area contributed by atoms with E-state index in [4.69, 9.17) is 0 Å². The van der Waals surface area contributed by atoms with Crippen LogP contribution in [0.5, 0.6) is 0 Å². The van der Waals surface area contributed by atoms with Crippen LogP contribution in [0.15, 0.2) is 41.3 Å². The lowest BCUT2D eigenvalue weighted by atomic mass is 10.1. The molecule has 162 valence electrons. The van der Waals surface area contributed by atoms with Gasteiger partial charge in [-0.05, 0) is 50.4 Å². The highest BCUT2D eigenvalue weighted by atomic mass is 19.4. The van der Waals surface area contributed by atoms with Gasteiger partial charge in [0.25, 0.3) is 5.56 Å². The highest BCUT2D eigenvalue weighted by Gasteiger charge is 2.35. The van der Waals surface area contributed by atoms with Crippen molar-refractivity contribution in [1.82, 2.24) is 24.4 Å². The van der Waals surface area contributed by atoms with Gasteiger partial charge in [0.1, 0.15) is 18.2 Å². The molecule has 1 saturated heterocycles. The van der Waals surface area contributed by atoms with Crippen molar-refractivity contribution < 1.29 is 13.2 Å². The third-order valence-electron chi connectivity index (χ3n) is 5.93. The zero-order chi connectivity index (χ0) is 21.6. The number of alkyl halides is 3. The highest BCUT2D eigenvalue weighted by molar-refractivity contribution is 5.77. The first-order valence-electron chi connectivity index (χ1n) is 10.5. The highest BCUT2D eigenvalue weighted by Crippen LogP contribution is 2.38. The number of benzene rings is 1. The fraction of sp³-hybridized carbons (Fsp3) is 0.455. The Labute approximate surface area is 176 Å². The lowest BCUT2D eigenvalue weighted by molar-refractivity contribution is -0.142. The molecule has 1 unspecified atom stereocenters. The average molecular weight is 429 g/mol. The Hall–Kier alpha value is -2.81. The molecule has 0 spiro atoms. The van der Waals surface area contributed by atoms with Crippen LogP contribution in [0.3, 0.4) is 0 Å². The van der Waals surface area contributed by atoms with Crippen LogP contribution in [0.1, 0.15) is 55.0 Å². The smallest absolute Gasteiger partial charge is 0.288 e. The molecule has 0 bridgehead atoms. The summed E-state index contributed by atoms with van der Waals surface area (Å²) >= 11 is 0.